The van der Waals surface area contributed by atoms with E-state index >= 15 is 0 Å². The zero-order valence-electron chi connectivity index (χ0n) is 12.4. The molecular weight excluding hydrogens is 276 g/mol. The lowest BCUT2D eigenvalue weighted by Crippen LogP contribution is -2.35. The summed E-state index contributed by atoms with van der Waals surface area (Å²) >= 11 is 0. The molecule has 0 aromatic heterocycles. The van der Waals surface area contributed by atoms with Crippen LogP contribution in [-0.4, -0.2) is 25.2 Å². The van der Waals surface area contributed by atoms with Gasteiger partial charge in [-0.2, -0.15) is 0 Å². The van der Waals surface area contributed by atoms with Gasteiger partial charge in [-0.3, -0.25) is 4.79 Å². The Labute approximate surface area is 127 Å². The maximum absolute atomic E-state index is 11.8. The molecule has 0 aliphatic heterocycles. The number of carbonyl (C=O) groups excluding carboxylic acids is 1. The molecular formula is C15H25ClN2O2. The molecule has 0 aliphatic carbocycles. The van der Waals surface area contributed by atoms with Crippen LogP contribution in [0.25, 0.3) is 0 Å². The standard InChI is InChI=1S/C15H24N2O2.ClH/c1-11(2)19-10-4-9-17-15(18)14(16)13-7-5-12(3)6-8-13;/h5-8,11,14H,4,9-10,16H2,1-3H3,(H,17,18);1H. The van der Waals surface area contributed by atoms with Crippen molar-refractivity contribution in [1.82, 2.24) is 5.32 Å². The van der Waals surface area contributed by atoms with Crippen LogP contribution >= 0.6 is 12.4 Å². The molecule has 0 saturated carbocycles. The number of nitrogens with two attached hydrogens (primary N) is 1. The normalized spacial score (nSPS) is 11.8. The van der Waals surface area contributed by atoms with Gasteiger partial charge >= 0.3 is 0 Å². The van der Waals surface area contributed by atoms with Crippen LogP contribution in [0.1, 0.15) is 37.4 Å². The first-order chi connectivity index (χ1) is 9.00. The highest BCUT2D eigenvalue weighted by atomic mass is 35.5. The second kappa shape index (κ2) is 9.75. The van der Waals surface area contributed by atoms with Crippen molar-refractivity contribution < 1.29 is 9.53 Å². The fourth-order valence-electron chi connectivity index (χ4n) is 1.64. The summed E-state index contributed by atoms with van der Waals surface area (Å²) in [4.78, 5) is 11.8. The van der Waals surface area contributed by atoms with Crippen LogP contribution in [0.5, 0.6) is 0 Å². The Bertz CT molecular complexity index is 393. The Morgan fingerprint density at radius 1 is 1.30 bits per heavy atom. The summed E-state index contributed by atoms with van der Waals surface area (Å²) in [6.07, 6.45) is 1.02. The van der Waals surface area contributed by atoms with Crippen LogP contribution in [0.15, 0.2) is 24.3 Å². The zero-order valence-corrected chi connectivity index (χ0v) is 13.2. The summed E-state index contributed by atoms with van der Waals surface area (Å²) in [5.74, 6) is -0.145. The number of rotatable bonds is 7. The number of hydrogen-bond acceptors (Lipinski definition) is 3. The third-order valence-electron chi connectivity index (χ3n) is 2.79. The van der Waals surface area contributed by atoms with Crippen LogP contribution in [0.2, 0.25) is 0 Å². The smallest absolute Gasteiger partial charge is 0.241 e. The summed E-state index contributed by atoms with van der Waals surface area (Å²) < 4.78 is 5.40. The molecule has 0 heterocycles. The number of nitrogens with one attached hydrogen (secondary N) is 1. The maximum Gasteiger partial charge on any atom is 0.241 e. The molecule has 1 aromatic carbocycles. The largest absolute Gasteiger partial charge is 0.379 e. The third-order valence-corrected chi connectivity index (χ3v) is 2.79. The topological polar surface area (TPSA) is 64.4 Å². The van der Waals surface area contributed by atoms with Gasteiger partial charge in [0.05, 0.1) is 6.10 Å². The highest BCUT2D eigenvalue weighted by Gasteiger charge is 2.14. The fourth-order valence-corrected chi connectivity index (χ4v) is 1.64. The van der Waals surface area contributed by atoms with Gasteiger partial charge in [-0.25, -0.2) is 0 Å². The number of amides is 1. The Hall–Kier alpha value is -1.10. The minimum Gasteiger partial charge on any atom is -0.379 e. The summed E-state index contributed by atoms with van der Waals surface area (Å²) in [5, 5.41) is 2.83. The zero-order chi connectivity index (χ0) is 14.3. The Morgan fingerprint density at radius 3 is 2.45 bits per heavy atom. The second-order valence-electron chi connectivity index (χ2n) is 4.95. The monoisotopic (exact) mass is 300 g/mol. The highest BCUT2D eigenvalue weighted by Crippen LogP contribution is 2.11. The van der Waals surface area contributed by atoms with Gasteiger partial charge < -0.3 is 15.8 Å². The molecule has 0 saturated heterocycles. The molecule has 114 valence electrons. The summed E-state index contributed by atoms with van der Waals surface area (Å²) in [5.41, 5.74) is 7.90. The van der Waals surface area contributed by atoms with Crippen molar-refractivity contribution in [2.45, 2.75) is 39.3 Å². The van der Waals surface area contributed by atoms with Crippen molar-refractivity contribution in [3.8, 4) is 0 Å². The lowest BCUT2D eigenvalue weighted by Gasteiger charge is -2.13. The number of aryl methyl sites for hydroxylation is 1. The SMILES string of the molecule is Cc1ccc(C(N)C(=O)NCCCOC(C)C)cc1.Cl. The average Bonchev–Trinajstić information content (AvgIpc) is 2.37. The number of hydrogen-bond donors (Lipinski definition) is 2. The number of halogens is 1. The predicted octanol–water partition coefficient (Wildman–Crippen LogP) is 2.35. The Balaban J connectivity index is 0.00000361. The van der Waals surface area contributed by atoms with Gasteiger partial charge in [-0.15, -0.1) is 12.4 Å². The fraction of sp³-hybridized carbons (Fsp3) is 0.533. The van der Waals surface area contributed by atoms with E-state index in [4.69, 9.17) is 10.5 Å². The molecule has 5 heteroatoms. The van der Waals surface area contributed by atoms with Crippen molar-refractivity contribution >= 4 is 18.3 Å². The molecule has 1 atom stereocenters. The quantitative estimate of drug-likeness (QED) is 0.760. The molecule has 4 nitrogen and oxygen atoms in total. The molecule has 0 spiro atoms. The minimum atomic E-state index is -0.605. The van der Waals surface area contributed by atoms with Crippen molar-refractivity contribution in [2.24, 2.45) is 5.73 Å². The average molecular weight is 301 g/mol. The van der Waals surface area contributed by atoms with E-state index in [0.717, 1.165) is 17.5 Å². The van der Waals surface area contributed by atoms with E-state index in [1.165, 1.54) is 0 Å². The molecule has 1 rings (SSSR count). The summed E-state index contributed by atoms with van der Waals surface area (Å²) in [7, 11) is 0. The van der Waals surface area contributed by atoms with Gasteiger partial charge in [0.1, 0.15) is 6.04 Å². The molecule has 20 heavy (non-hydrogen) atoms. The van der Waals surface area contributed by atoms with Crippen molar-refractivity contribution in [3.05, 3.63) is 35.4 Å². The van der Waals surface area contributed by atoms with E-state index in [1.807, 2.05) is 45.0 Å². The molecule has 1 amide bonds. The van der Waals surface area contributed by atoms with Gasteiger partial charge in [0.15, 0.2) is 0 Å². The summed E-state index contributed by atoms with van der Waals surface area (Å²) in [6, 6.07) is 7.09. The van der Waals surface area contributed by atoms with Crippen molar-refractivity contribution in [1.29, 1.82) is 0 Å². The minimum absolute atomic E-state index is 0. The van der Waals surface area contributed by atoms with Crippen LogP contribution in [0.4, 0.5) is 0 Å². The predicted molar refractivity (Wildman–Crippen MR) is 84.1 cm³/mol. The molecule has 1 unspecified atom stereocenters. The van der Waals surface area contributed by atoms with Gasteiger partial charge in [0, 0.05) is 13.2 Å². The molecule has 1 aromatic rings. The first-order valence-electron chi connectivity index (χ1n) is 6.72. The van der Waals surface area contributed by atoms with Crippen LogP contribution in [-0.2, 0) is 9.53 Å². The molecule has 3 N–H and O–H groups in total. The van der Waals surface area contributed by atoms with E-state index < -0.39 is 6.04 Å². The first-order valence-corrected chi connectivity index (χ1v) is 6.72. The van der Waals surface area contributed by atoms with Gasteiger partial charge in [-0.1, -0.05) is 29.8 Å². The van der Waals surface area contributed by atoms with Gasteiger partial charge in [-0.05, 0) is 32.8 Å². The van der Waals surface area contributed by atoms with Crippen molar-refractivity contribution in [2.75, 3.05) is 13.2 Å². The first kappa shape index (κ1) is 18.9. The lowest BCUT2D eigenvalue weighted by molar-refractivity contribution is -0.122. The van der Waals surface area contributed by atoms with Crippen LogP contribution in [0, 0.1) is 6.92 Å². The molecule has 0 aliphatic rings. The number of benzene rings is 1. The van der Waals surface area contributed by atoms with Gasteiger partial charge in [0.25, 0.3) is 0 Å². The molecule has 0 fully saturated rings. The lowest BCUT2D eigenvalue weighted by atomic mass is 10.1. The molecule has 0 radical (unpaired) electrons. The van der Waals surface area contributed by atoms with Crippen LogP contribution in [0.3, 0.4) is 0 Å². The highest BCUT2D eigenvalue weighted by molar-refractivity contribution is 5.85. The Kier molecular flexibility index (Phi) is 9.21. The van der Waals surface area contributed by atoms with E-state index in [2.05, 4.69) is 5.32 Å². The second-order valence-corrected chi connectivity index (χ2v) is 4.95. The summed E-state index contributed by atoms with van der Waals surface area (Å²) in [6.45, 7) is 7.23. The van der Waals surface area contributed by atoms with E-state index in [-0.39, 0.29) is 24.4 Å². The Morgan fingerprint density at radius 2 is 1.90 bits per heavy atom. The van der Waals surface area contributed by atoms with E-state index in [0.29, 0.717) is 13.2 Å². The molecule has 0 bridgehead atoms. The third kappa shape index (κ3) is 6.89. The van der Waals surface area contributed by atoms with E-state index in [1.54, 1.807) is 0 Å². The van der Waals surface area contributed by atoms with Crippen molar-refractivity contribution in [3.63, 3.8) is 0 Å². The maximum atomic E-state index is 11.8. The van der Waals surface area contributed by atoms with Crippen LogP contribution < -0.4 is 11.1 Å². The van der Waals surface area contributed by atoms with E-state index in [9.17, 15) is 4.79 Å². The number of carbonyl (C=O) groups is 1. The van der Waals surface area contributed by atoms with Gasteiger partial charge in [0.2, 0.25) is 5.91 Å². The number of ether oxygens (including phenoxy) is 1.